The number of benzene rings is 2. The molecule has 120 valence electrons. The van der Waals surface area contributed by atoms with Crippen LogP contribution in [0.5, 0.6) is 0 Å². The van der Waals surface area contributed by atoms with E-state index in [2.05, 4.69) is 0 Å². The zero-order valence-electron chi connectivity index (χ0n) is 12.1. The lowest BCUT2D eigenvalue weighted by Gasteiger charge is -2.12. The largest absolute Gasteiger partial charge is 0.478 e. The van der Waals surface area contributed by atoms with Crippen LogP contribution < -0.4 is 4.90 Å². The molecule has 0 aromatic heterocycles. The molecule has 1 saturated heterocycles. The smallest absolute Gasteiger partial charge is 0.335 e. The summed E-state index contributed by atoms with van der Waals surface area (Å²) in [4.78, 5) is 36.6. The van der Waals surface area contributed by atoms with Crippen molar-refractivity contribution in [1.82, 2.24) is 0 Å². The van der Waals surface area contributed by atoms with Crippen LogP contribution in [0.1, 0.15) is 15.9 Å². The van der Waals surface area contributed by atoms with Crippen LogP contribution in [0.3, 0.4) is 0 Å². The molecule has 7 heteroatoms. The third-order valence-corrected chi connectivity index (χ3v) is 4.20. The second kappa shape index (κ2) is 6.29. The van der Waals surface area contributed by atoms with Gasteiger partial charge in [0, 0.05) is 0 Å². The van der Waals surface area contributed by atoms with E-state index in [1.54, 1.807) is 0 Å². The molecular weight excluding hydrogens is 333 g/mol. The molecule has 2 amide bonds. The van der Waals surface area contributed by atoms with Gasteiger partial charge in [-0.15, -0.1) is 0 Å². The maximum absolute atomic E-state index is 12.9. The van der Waals surface area contributed by atoms with Crippen LogP contribution in [0.2, 0.25) is 0 Å². The number of carboxylic acids is 1. The van der Waals surface area contributed by atoms with Crippen LogP contribution in [0.4, 0.5) is 14.9 Å². The minimum Gasteiger partial charge on any atom is -0.478 e. The minimum absolute atomic E-state index is 0.0626. The molecule has 2 aromatic rings. The van der Waals surface area contributed by atoms with Gasteiger partial charge in [-0.05, 0) is 59.8 Å². The molecule has 0 spiro atoms. The van der Waals surface area contributed by atoms with Gasteiger partial charge in [0.2, 0.25) is 0 Å². The van der Waals surface area contributed by atoms with Crippen molar-refractivity contribution in [1.29, 1.82) is 0 Å². The molecule has 0 saturated carbocycles. The molecule has 5 nitrogen and oxygen atoms in total. The molecule has 0 bridgehead atoms. The number of nitrogens with zero attached hydrogens (tertiary/aromatic N) is 1. The van der Waals surface area contributed by atoms with E-state index in [0.717, 1.165) is 16.7 Å². The molecule has 0 radical (unpaired) electrons. The van der Waals surface area contributed by atoms with Gasteiger partial charge in [0.15, 0.2) is 0 Å². The number of carbonyl (C=O) groups excluding carboxylic acids is 2. The van der Waals surface area contributed by atoms with Gasteiger partial charge in [-0.2, -0.15) is 0 Å². The van der Waals surface area contributed by atoms with Crippen molar-refractivity contribution in [3.05, 3.63) is 70.4 Å². The molecule has 0 unspecified atom stereocenters. The number of carboxylic acid groups (broad SMARTS) is 1. The van der Waals surface area contributed by atoms with E-state index in [4.69, 9.17) is 5.11 Å². The number of hydrogen-bond donors (Lipinski definition) is 1. The topological polar surface area (TPSA) is 74.7 Å². The summed E-state index contributed by atoms with van der Waals surface area (Å²) < 4.78 is 12.9. The first kappa shape index (κ1) is 15.9. The highest BCUT2D eigenvalue weighted by Gasteiger charge is 2.36. The quantitative estimate of drug-likeness (QED) is 0.859. The minimum atomic E-state index is -1.09. The Hall–Kier alpha value is -2.93. The van der Waals surface area contributed by atoms with Crippen LogP contribution in [0.25, 0.3) is 6.08 Å². The van der Waals surface area contributed by atoms with Crippen molar-refractivity contribution >= 4 is 40.6 Å². The number of imide groups is 1. The lowest BCUT2D eigenvalue weighted by molar-refractivity contribution is -0.113. The molecular formula is C17H10FNO4S. The molecule has 2 aromatic carbocycles. The second-order valence-electron chi connectivity index (χ2n) is 4.92. The SMILES string of the molecule is O=C(O)c1ccc(N2C(=O)S/C(=C\c3ccc(F)cc3)C2=O)cc1. The summed E-state index contributed by atoms with van der Waals surface area (Å²) in [5.41, 5.74) is 0.959. The number of carbonyl (C=O) groups is 3. The third kappa shape index (κ3) is 3.07. The standard InChI is InChI=1S/C17H10FNO4S/c18-12-5-1-10(2-6-12)9-14-15(20)19(17(23)24-14)13-7-3-11(4-8-13)16(21)22/h1-9H,(H,21,22)/b14-9-. The Morgan fingerprint density at radius 3 is 2.25 bits per heavy atom. The molecule has 1 fully saturated rings. The van der Waals surface area contributed by atoms with Gasteiger partial charge in [0.25, 0.3) is 11.1 Å². The highest BCUT2D eigenvalue weighted by molar-refractivity contribution is 8.19. The molecule has 24 heavy (non-hydrogen) atoms. The molecule has 1 heterocycles. The van der Waals surface area contributed by atoms with Gasteiger partial charge in [0.1, 0.15) is 5.82 Å². The third-order valence-electron chi connectivity index (χ3n) is 3.33. The zero-order chi connectivity index (χ0) is 17.3. The van der Waals surface area contributed by atoms with E-state index in [1.165, 1.54) is 54.6 Å². The van der Waals surface area contributed by atoms with Crippen molar-refractivity contribution in [2.45, 2.75) is 0 Å². The lowest BCUT2D eigenvalue weighted by Crippen LogP contribution is -2.27. The van der Waals surface area contributed by atoms with E-state index in [1.807, 2.05) is 0 Å². The van der Waals surface area contributed by atoms with Gasteiger partial charge in [-0.25, -0.2) is 14.1 Å². The molecule has 0 aliphatic carbocycles. The summed E-state index contributed by atoms with van der Waals surface area (Å²) in [5.74, 6) is -1.98. The molecule has 1 N–H and O–H groups in total. The first-order chi connectivity index (χ1) is 11.5. The molecule has 1 aliphatic rings. The number of halogens is 1. The summed E-state index contributed by atoms with van der Waals surface area (Å²) in [6.45, 7) is 0. The average molecular weight is 343 g/mol. The van der Waals surface area contributed by atoms with E-state index in [9.17, 15) is 18.8 Å². The highest BCUT2D eigenvalue weighted by atomic mass is 32.2. The normalized spacial score (nSPS) is 16.0. The van der Waals surface area contributed by atoms with E-state index < -0.39 is 22.9 Å². The predicted molar refractivity (Wildman–Crippen MR) is 88.3 cm³/mol. The van der Waals surface area contributed by atoms with Crippen LogP contribution in [0, 0.1) is 5.82 Å². The maximum atomic E-state index is 12.9. The van der Waals surface area contributed by atoms with Crippen molar-refractivity contribution in [2.75, 3.05) is 4.90 Å². The summed E-state index contributed by atoms with van der Waals surface area (Å²) >= 11 is 0.775. The van der Waals surface area contributed by atoms with Crippen molar-refractivity contribution in [3.8, 4) is 0 Å². The van der Waals surface area contributed by atoms with E-state index >= 15 is 0 Å². The second-order valence-corrected chi connectivity index (χ2v) is 5.91. The first-order valence-electron chi connectivity index (χ1n) is 6.82. The average Bonchev–Trinajstić information content (AvgIpc) is 2.83. The summed E-state index contributed by atoms with van der Waals surface area (Å²) in [7, 11) is 0. The monoisotopic (exact) mass is 343 g/mol. The summed E-state index contributed by atoms with van der Waals surface area (Å²) in [6.07, 6.45) is 1.51. The number of aromatic carboxylic acids is 1. The molecule has 0 atom stereocenters. The van der Waals surface area contributed by atoms with Crippen LogP contribution in [0.15, 0.2) is 53.4 Å². The van der Waals surface area contributed by atoms with Crippen LogP contribution in [-0.2, 0) is 4.79 Å². The van der Waals surface area contributed by atoms with Crippen molar-refractivity contribution in [2.24, 2.45) is 0 Å². The molecule has 3 rings (SSSR count). The number of amides is 2. The molecule has 1 aliphatic heterocycles. The Labute approximate surface area is 140 Å². The van der Waals surface area contributed by atoms with Crippen LogP contribution >= 0.6 is 11.8 Å². The fourth-order valence-electron chi connectivity index (χ4n) is 2.15. The summed E-state index contributed by atoms with van der Waals surface area (Å²) in [5, 5.41) is 8.41. The summed E-state index contributed by atoms with van der Waals surface area (Å²) in [6, 6.07) is 11.0. The maximum Gasteiger partial charge on any atom is 0.335 e. The van der Waals surface area contributed by atoms with Crippen molar-refractivity contribution in [3.63, 3.8) is 0 Å². The number of hydrogen-bond acceptors (Lipinski definition) is 4. The van der Waals surface area contributed by atoms with E-state index in [-0.39, 0.29) is 10.5 Å². The lowest BCUT2D eigenvalue weighted by atomic mass is 10.2. The van der Waals surface area contributed by atoms with Gasteiger partial charge < -0.3 is 5.11 Å². The number of anilines is 1. The van der Waals surface area contributed by atoms with Crippen molar-refractivity contribution < 1.29 is 23.9 Å². The van der Waals surface area contributed by atoms with E-state index in [0.29, 0.717) is 11.3 Å². The first-order valence-corrected chi connectivity index (χ1v) is 7.64. The Morgan fingerprint density at radius 1 is 1.04 bits per heavy atom. The predicted octanol–water partition coefficient (Wildman–Crippen LogP) is 3.76. The van der Waals surface area contributed by atoms with Gasteiger partial charge in [-0.1, -0.05) is 12.1 Å². The Kier molecular flexibility index (Phi) is 4.18. The van der Waals surface area contributed by atoms with Gasteiger partial charge in [-0.3, -0.25) is 9.59 Å². The Bertz CT molecular complexity index is 859. The number of rotatable bonds is 3. The Balaban J connectivity index is 1.88. The fraction of sp³-hybridized carbons (Fsp3) is 0. The fourth-order valence-corrected chi connectivity index (χ4v) is 3.00. The van der Waals surface area contributed by atoms with Gasteiger partial charge in [0.05, 0.1) is 16.2 Å². The van der Waals surface area contributed by atoms with Gasteiger partial charge >= 0.3 is 5.97 Å². The Morgan fingerprint density at radius 2 is 1.67 bits per heavy atom. The zero-order valence-corrected chi connectivity index (χ0v) is 12.9. The number of thioether (sulfide) groups is 1. The van der Waals surface area contributed by atoms with Crippen LogP contribution in [-0.4, -0.2) is 22.2 Å². The highest BCUT2D eigenvalue weighted by Crippen LogP contribution is 2.35.